The largest absolute Gasteiger partial charge is 0.320 e. The Morgan fingerprint density at radius 1 is 0.897 bits per heavy atom. The van der Waals surface area contributed by atoms with Gasteiger partial charge < -0.3 is 10.2 Å². The molecule has 0 aliphatic carbocycles. The van der Waals surface area contributed by atoms with Crippen molar-refractivity contribution >= 4 is 34.1 Å². The van der Waals surface area contributed by atoms with Crippen LogP contribution in [0.25, 0.3) is 10.9 Å². The SMILES string of the molecule is CN(C(=O)c1cncc(C(=O)Nc2cccc3cccnc23)c1)c1ccccc1. The lowest BCUT2D eigenvalue weighted by molar-refractivity contribution is 0.0992. The summed E-state index contributed by atoms with van der Waals surface area (Å²) in [6, 6.07) is 20.2. The number of nitrogens with zero attached hydrogens (tertiary/aromatic N) is 3. The maximum absolute atomic E-state index is 12.8. The summed E-state index contributed by atoms with van der Waals surface area (Å²) >= 11 is 0. The zero-order chi connectivity index (χ0) is 20.2. The Labute approximate surface area is 167 Å². The van der Waals surface area contributed by atoms with Crippen molar-refractivity contribution in [2.24, 2.45) is 0 Å². The Balaban J connectivity index is 1.58. The number of nitrogens with one attached hydrogen (secondary N) is 1. The average molecular weight is 382 g/mol. The molecule has 2 heterocycles. The summed E-state index contributed by atoms with van der Waals surface area (Å²) in [7, 11) is 1.69. The van der Waals surface area contributed by atoms with Gasteiger partial charge in [0, 0.05) is 36.7 Å². The molecule has 0 radical (unpaired) electrons. The molecule has 2 aromatic carbocycles. The van der Waals surface area contributed by atoms with Crippen molar-refractivity contribution < 1.29 is 9.59 Å². The second kappa shape index (κ2) is 7.90. The van der Waals surface area contributed by atoms with E-state index in [-0.39, 0.29) is 11.8 Å². The first kappa shape index (κ1) is 18.3. The molecule has 0 saturated carbocycles. The summed E-state index contributed by atoms with van der Waals surface area (Å²) in [5.41, 5.74) is 2.69. The van der Waals surface area contributed by atoms with Crippen LogP contribution in [0.2, 0.25) is 0 Å². The third-order valence-corrected chi connectivity index (χ3v) is 4.58. The number of amides is 2. The topological polar surface area (TPSA) is 75.2 Å². The van der Waals surface area contributed by atoms with Gasteiger partial charge in [0.1, 0.15) is 0 Å². The predicted molar refractivity (Wildman–Crippen MR) is 113 cm³/mol. The first-order valence-electron chi connectivity index (χ1n) is 9.07. The molecule has 4 rings (SSSR count). The van der Waals surface area contributed by atoms with Crippen LogP contribution in [0.4, 0.5) is 11.4 Å². The Kier molecular flexibility index (Phi) is 4.99. The maximum atomic E-state index is 12.8. The van der Waals surface area contributed by atoms with Crippen LogP contribution < -0.4 is 10.2 Å². The second-order valence-electron chi connectivity index (χ2n) is 6.50. The van der Waals surface area contributed by atoms with E-state index in [1.807, 2.05) is 54.6 Å². The molecule has 0 aliphatic heterocycles. The molecule has 29 heavy (non-hydrogen) atoms. The highest BCUT2D eigenvalue weighted by Gasteiger charge is 2.16. The second-order valence-corrected chi connectivity index (χ2v) is 6.50. The molecule has 2 aromatic heterocycles. The van der Waals surface area contributed by atoms with Crippen molar-refractivity contribution in [3.8, 4) is 0 Å². The van der Waals surface area contributed by atoms with Crippen molar-refractivity contribution in [2.45, 2.75) is 0 Å². The van der Waals surface area contributed by atoms with Gasteiger partial charge in [0.05, 0.1) is 22.3 Å². The normalized spacial score (nSPS) is 10.5. The summed E-state index contributed by atoms with van der Waals surface area (Å²) in [4.78, 5) is 35.5. The van der Waals surface area contributed by atoms with Gasteiger partial charge in [-0.15, -0.1) is 0 Å². The quantitative estimate of drug-likeness (QED) is 0.575. The monoisotopic (exact) mass is 382 g/mol. The molecule has 1 N–H and O–H groups in total. The van der Waals surface area contributed by atoms with Gasteiger partial charge in [0.2, 0.25) is 0 Å². The first-order valence-corrected chi connectivity index (χ1v) is 9.07. The van der Waals surface area contributed by atoms with E-state index in [0.29, 0.717) is 22.3 Å². The van der Waals surface area contributed by atoms with Crippen LogP contribution in [-0.4, -0.2) is 28.8 Å². The van der Waals surface area contributed by atoms with E-state index in [1.54, 1.807) is 25.4 Å². The van der Waals surface area contributed by atoms with Crippen LogP contribution in [0.5, 0.6) is 0 Å². The fourth-order valence-electron chi connectivity index (χ4n) is 3.04. The Hall–Kier alpha value is -4.06. The molecular weight excluding hydrogens is 364 g/mol. The number of rotatable bonds is 4. The summed E-state index contributed by atoms with van der Waals surface area (Å²) in [5.74, 6) is -0.599. The fraction of sp³-hybridized carbons (Fsp3) is 0.0435. The van der Waals surface area contributed by atoms with E-state index in [9.17, 15) is 9.59 Å². The summed E-state index contributed by atoms with van der Waals surface area (Å²) in [6.45, 7) is 0. The smallest absolute Gasteiger partial charge is 0.259 e. The van der Waals surface area contributed by atoms with E-state index < -0.39 is 0 Å². The highest BCUT2D eigenvalue weighted by atomic mass is 16.2. The molecule has 0 fully saturated rings. The standard InChI is InChI=1S/C23H18N4O2/c1-27(19-9-3-2-4-10-19)23(29)18-13-17(14-24-15-18)22(28)26-20-11-5-7-16-8-6-12-25-21(16)20/h2-15H,1H3,(H,26,28). The summed E-state index contributed by atoms with van der Waals surface area (Å²) in [6.07, 6.45) is 4.57. The lowest BCUT2D eigenvalue weighted by Gasteiger charge is -2.17. The van der Waals surface area contributed by atoms with Crippen LogP contribution in [-0.2, 0) is 0 Å². The fourth-order valence-corrected chi connectivity index (χ4v) is 3.04. The van der Waals surface area contributed by atoms with Crippen LogP contribution in [0, 0.1) is 0 Å². The molecule has 0 aliphatic rings. The van der Waals surface area contributed by atoms with E-state index >= 15 is 0 Å². The number of pyridine rings is 2. The minimum Gasteiger partial charge on any atom is -0.320 e. The van der Waals surface area contributed by atoms with Gasteiger partial charge in [-0.05, 0) is 30.3 Å². The maximum Gasteiger partial charge on any atom is 0.259 e. The number of anilines is 2. The van der Waals surface area contributed by atoms with Gasteiger partial charge in [-0.1, -0.05) is 36.4 Å². The molecule has 6 heteroatoms. The van der Waals surface area contributed by atoms with Crippen molar-refractivity contribution in [1.82, 2.24) is 9.97 Å². The van der Waals surface area contributed by atoms with Crippen molar-refractivity contribution in [1.29, 1.82) is 0 Å². The minimum atomic E-state index is -0.354. The van der Waals surface area contributed by atoms with Gasteiger partial charge in [0.15, 0.2) is 0 Å². The molecule has 4 aromatic rings. The number of hydrogen-bond donors (Lipinski definition) is 1. The van der Waals surface area contributed by atoms with E-state index in [1.165, 1.54) is 17.3 Å². The third-order valence-electron chi connectivity index (χ3n) is 4.58. The van der Waals surface area contributed by atoms with Gasteiger partial charge in [0.25, 0.3) is 11.8 Å². The summed E-state index contributed by atoms with van der Waals surface area (Å²) in [5, 5.41) is 3.79. The average Bonchev–Trinajstić information content (AvgIpc) is 2.79. The van der Waals surface area contributed by atoms with Crippen LogP contribution >= 0.6 is 0 Å². The molecule has 0 unspecified atom stereocenters. The molecular formula is C23H18N4O2. The minimum absolute atomic E-state index is 0.245. The molecule has 0 bridgehead atoms. The number of aromatic nitrogens is 2. The number of carbonyl (C=O) groups excluding carboxylic acids is 2. The van der Waals surface area contributed by atoms with E-state index in [0.717, 1.165) is 11.1 Å². The lowest BCUT2D eigenvalue weighted by atomic mass is 10.1. The first-order chi connectivity index (χ1) is 14.1. The molecule has 0 atom stereocenters. The van der Waals surface area contributed by atoms with Gasteiger partial charge in [-0.3, -0.25) is 19.6 Å². The lowest BCUT2D eigenvalue weighted by Crippen LogP contribution is -2.26. The van der Waals surface area contributed by atoms with E-state index in [4.69, 9.17) is 0 Å². The number of benzene rings is 2. The third kappa shape index (κ3) is 3.82. The predicted octanol–water partition coefficient (Wildman–Crippen LogP) is 4.16. The molecule has 2 amide bonds. The Morgan fingerprint density at radius 3 is 2.48 bits per heavy atom. The zero-order valence-electron chi connectivity index (χ0n) is 15.7. The molecule has 142 valence electrons. The highest BCUT2D eigenvalue weighted by Crippen LogP contribution is 2.21. The Morgan fingerprint density at radius 2 is 1.66 bits per heavy atom. The molecule has 0 spiro atoms. The molecule has 0 saturated heterocycles. The Bertz CT molecular complexity index is 1190. The van der Waals surface area contributed by atoms with Crippen LogP contribution in [0.3, 0.4) is 0 Å². The van der Waals surface area contributed by atoms with Gasteiger partial charge >= 0.3 is 0 Å². The van der Waals surface area contributed by atoms with Crippen LogP contribution in [0.15, 0.2) is 85.3 Å². The highest BCUT2D eigenvalue weighted by molar-refractivity contribution is 6.10. The molecule has 6 nitrogen and oxygen atoms in total. The van der Waals surface area contributed by atoms with Gasteiger partial charge in [-0.25, -0.2) is 0 Å². The van der Waals surface area contributed by atoms with E-state index in [2.05, 4.69) is 15.3 Å². The number of fused-ring (bicyclic) bond motifs is 1. The van der Waals surface area contributed by atoms with Gasteiger partial charge in [-0.2, -0.15) is 0 Å². The zero-order valence-corrected chi connectivity index (χ0v) is 15.7. The van der Waals surface area contributed by atoms with Crippen molar-refractivity contribution in [3.63, 3.8) is 0 Å². The van der Waals surface area contributed by atoms with Crippen molar-refractivity contribution in [3.05, 3.63) is 96.4 Å². The number of carbonyl (C=O) groups is 2. The number of para-hydroxylation sites is 2. The van der Waals surface area contributed by atoms with Crippen LogP contribution in [0.1, 0.15) is 20.7 Å². The summed E-state index contributed by atoms with van der Waals surface area (Å²) < 4.78 is 0. The number of hydrogen-bond acceptors (Lipinski definition) is 4. The van der Waals surface area contributed by atoms with Crippen molar-refractivity contribution in [2.75, 3.05) is 17.3 Å².